The number of fused-ring (bicyclic) bond motifs is 1. The van der Waals surface area contributed by atoms with Crippen LogP contribution in [-0.2, 0) is 21.2 Å². The van der Waals surface area contributed by atoms with Gasteiger partial charge in [-0.1, -0.05) is 0 Å². The third-order valence-corrected chi connectivity index (χ3v) is 5.79. The minimum absolute atomic E-state index is 0.258. The Labute approximate surface area is 169 Å². The summed E-state index contributed by atoms with van der Waals surface area (Å²) < 4.78 is 40.3. The molecular formula is C20H21NO7S. The summed E-state index contributed by atoms with van der Waals surface area (Å²) in [6.07, 6.45) is 1.65. The van der Waals surface area contributed by atoms with Gasteiger partial charge in [-0.05, 0) is 42.3 Å². The average molecular weight is 419 g/mol. The normalized spacial score (nSPS) is 13.0. The zero-order chi connectivity index (χ0) is 21.2. The van der Waals surface area contributed by atoms with Crippen LogP contribution in [0.5, 0.6) is 11.5 Å². The number of methoxy groups -OCH3 is 2. The highest BCUT2D eigenvalue weighted by Crippen LogP contribution is 2.31. The first-order valence-electron chi connectivity index (χ1n) is 8.77. The number of hydrogen-bond donors (Lipinski definition) is 0. The van der Waals surface area contributed by atoms with Gasteiger partial charge < -0.3 is 14.2 Å². The molecule has 0 N–H and O–H groups in total. The van der Waals surface area contributed by atoms with Crippen LogP contribution in [0.3, 0.4) is 0 Å². The molecule has 0 fully saturated rings. The zero-order valence-electron chi connectivity index (χ0n) is 16.3. The Bertz CT molecular complexity index is 1060. The number of hydrogen-bond acceptors (Lipinski definition) is 7. The fourth-order valence-corrected chi connectivity index (χ4v) is 4.12. The van der Waals surface area contributed by atoms with E-state index < -0.39 is 28.4 Å². The molecule has 2 aromatic carbocycles. The predicted octanol–water partition coefficient (Wildman–Crippen LogP) is 2.07. The zero-order valence-corrected chi connectivity index (χ0v) is 17.1. The molecule has 9 heteroatoms. The molecule has 8 nitrogen and oxygen atoms in total. The van der Waals surface area contributed by atoms with Crippen molar-refractivity contribution in [2.75, 3.05) is 37.9 Å². The highest BCUT2D eigenvalue weighted by molar-refractivity contribution is 7.92. The quantitative estimate of drug-likeness (QED) is 0.500. The van der Waals surface area contributed by atoms with Crippen LogP contribution in [0.15, 0.2) is 36.4 Å². The molecule has 0 bridgehead atoms. The number of esters is 1. The van der Waals surface area contributed by atoms with Crippen molar-refractivity contribution in [1.82, 2.24) is 0 Å². The number of sulfonamides is 1. The van der Waals surface area contributed by atoms with E-state index in [-0.39, 0.29) is 11.1 Å². The van der Waals surface area contributed by atoms with Gasteiger partial charge in [0.2, 0.25) is 15.8 Å². The number of ketones is 1. The van der Waals surface area contributed by atoms with Crippen molar-refractivity contribution in [3.63, 3.8) is 0 Å². The molecule has 0 saturated heterocycles. The van der Waals surface area contributed by atoms with E-state index in [0.29, 0.717) is 30.2 Å². The summed E-state index contributed by atoms with van der Waals surface area (Å²) in [5, 5.41) is 0. The molecule has 1 heterocycles. The lowest BCUT2D eigenvalue weighted by atomic mass is 10.1. The molecule has 2 aromatic rings. The molecule has 0 saturated carbocycles. The Morgan fingerprint density at radius 3 is 2.48 bits per heavy atom. The monoisotopic (exact) mass is 419 g/mol. The fourth-order valence-electron chi connectivity index (χ4n) is 3.16. The van der Waals surface area contributed by atoms with Crippen LogP contribution in [-0.4, -0.2) is 53.8 Å². The summed E-state index contributed by atoms with van der Waals surface area (Å²) in [7, 11) is -0.425. The number of nitrogens with zero attached hydrogens (tertiary/aromatic N) is 1. The maximum Gasteiger partial charge on any atom is 0.338 e. The van der Waals surface area contributed by atoms with Crippen molar-refractivity contribution in [3.8, 4) is 11.5 Å². The van der Waals surface area contributed by atoms with Gasteiger partial charge >= 0.3 is 5.97 Å². The van der Waals surface area contributed by atoms with Crippen molar-refractivity contribution in [3.05, 3.63) is 53.1 Å². The van der Waals surface area contributed by atoms with Gasteiger partial charge in [0, 0.05) is 12.6 Å². The Morgan fingerprint density at radius 2 is 1.83 bits per heavy atom. The predicted molar refractivity (Wildman–Crippen MR) is 106 cm³/mol. The number of carbonyl (C=O) groups is 2. The summed E-state index contributed by atoms with van der Waals surface area (Å²) in [5.41, 5.74) is 1.84. The van der Waals surface area contributed by atoms with Gasteiger partial charge in [0.05, 0.1) is 37.3 Å². The van der Waals surface area contributed by atoms with Gasteiger partial charge in [0.15, 0.2) is 6.61 Å². The second kappa shape index (κ2) is 8.12. The number of rotatable bonds is 7. The van der Waals surface area contributed by atoms with Crippen molar-refractivity contribution < 1.29 is 32.2 Å². The number of ether oxygens (including phenoxy) is 3. The molecule has 0 amide bonds. The first-order chi connectivity index (χ1) is 13.7. The Morgan fingerprint density at radius 1 is 1.07 bits per heavy atom. The van der Waals surface area contributed by atoms with Gasteiger partial charge in [-0.3, -0.25) is 9.10 Å². The van der Waals surface area contributed by atoms with Crippen LogP contribution >= 0.6 is 0 Å². The maximum atomic E-state index is 12.4. The minimum atomic E-state index is -3.36. The van der Waals surface area contributed by atoms with E-state index in [1.54, 1.807) is 30.3 Å². The van der Waals surface area contributed by atoms with E-state index in [4.69, 9.17) is 14.2 Å². The molecule has 1 aliphatic heterocycles. The molecule has 0 radical (unpaired) electrons. The summed E-state index contributed by atoms with van der Waals surface area (Å²) in [5.74, 6) is -0.214. The highest BCUT2D eigenvalue weighted by atomic mass is 32.2. The summed E-state index contributed by atoms with van der Waals surface area (Å²) in [6, 6.07) is 9.40. The summed E-state index contributed by atoms with van der Waals surface area (Å²) >= 11 is 0. The first-order valence-corrected chi connectivity index (χ1v) is 10.6. The molecule has 0 aromatic heterocycles. The van der Waals surface area contributed by atoms with E-state index in [1.807, 2.05) is 0 Å². The first kappa shape index (κ1) is 20.7. The number of benzene rings is 2. The Balaban J connectivity index is 1.70. The maximum absolute atomic E-state index is 12.4. The summed E-state index contributed by atoms with van der Waals surface area (Å²) in [4.78, 5) is 24.8. The van der Waals surface area contributed by atoms with Gasteiger partial charge in [0.25, 0.3) is 0 Å². The van der Waals surface area contributed by atoms with Crippen molar-refractivity contribution in [2.24, 2.45) is 0 Å². The summed E-state index contributed by atoms with van der Waals surface area (Å²) in [6.45, 7) is -0.115. The van der Waals surface area contributed by atoms with E-state index in [2.05, 4.69) is 0 Å². The number of Topliss-reactive ketones (excluding diaryl/α,β-unsaturated/α-hetero) is 1. The van der Waals surface area contributed by atoms with Crippen LogP contribution in [0.1, 0.15) is 26.3 Å². The third-order valence-electron chi connectivity index (χ3n) is 4.61. The minimum Gasteiger partial charge on any atom is -0.497 e. The van der Waals surface area contributed by atoms with Crippen LogP contribution in [0.25, 0.3) is 0 Å². The van der Waals surface area contributed by atoms with E-state index in [1.165, 1.54) is 24.6 Å². The topological polar surface area (TPSA) is 99.2 Å². The van der Waals surface area contributed by atoms with Gasteiger partial charge in [0.1, 0.15) is 11.5 Å². The molecule has 3 rings (SSSR count). The number of anilines is 1. The standard InChI is InChI=1S/C20H21NO7S/c1-26-15-5-6-16(19(11-15)27-2)18(22)12-28-20(23)14-4-7-17-13(10-14)8-9-21(17)29(3,24)25/h4-7,10-11H,8-9,12H2,1-3H3. The lowest BCUT2D eigenvalue weighted by molar-refractivity contribution is 0.0474. The molecule has 29 heavy (non-hydrogen) atoms. The lowest BCUT2D eigenvalue weighted by Crippen LogP contribution is -2.27. The fraction of sp³-hybridized carbons (Fsp3) is 0.300. The molecule has 0 atom stereocenters. The van der Waals surface area contributed by atoms with Gasteiger partial charge in [-0.25, -0.2) is 13.2 Å². The van der Waals surface area contributed by atoms with Crippen LogP contribution in [0.4, 0.5) is 5.69 Å². The average Bonchev–Trinajstić information content (AvgIpc) is 3.14. The van der Waals surface area contributed by atoms with E-state index in [0.717, 1.165) is 11.8 Å². The smallest absolute Gasteiger partial charge is 0.338 e. The molecular weight excluding hydrogens is 398 g/mol. The molecule has 1 aliphatic rings. The van der Waals surface area contributed by atoms with Gasteiger partial charge in [-0.2, -0.15) is 0 Å². The second-order valence-electron chi connectivity index (χ2n) is 6.49. The molecule has 0 spiro atoms. The van der Waals surface area contributed by atoms with Crippen molar-refractivity contribution >= 4 is 27.5 Å². The Hall–Kier alpha value is -3.07. The molecule has 0 unspecified atom stereocenters. The molecule has 154 valence electrons. The van der Waals surface area contributed by atoms with Crippen LogP contribution < -0.4 is 13.8 Å². The van der Waals surface area contributed by atoms with Crippen molar-refractivity contribution in [1.29, 1.82) is 0 Å². The third kappa shape index (κ3) is 4.34. The van der Waals surface area contributed by atoms with E-state index in [9.17, 15) is 18.0 Å². The van der Waals surface area contributed by atoms with Crippen molar-refractivity contribution in [2.45, 2.75) is 6.42 Å². The Kier molecular flexibility index (Phi) is 5.78. The van der Waals surface area contributed by atoms with Gasteiger partial charge in [-0.15, -0.1) is 0 Å². The number of carbonyl (C=O) groups excluding carboxylic acids is 2. The lowest BCUT2D eigenvalue weighted by Gasteiger charge is -2.16. The highest BCUT2D eigenvalue weighted by Gasteiger charge is 2.27. The second-order valence-corrected chi connectivity index (χ2v) is 8.40. The van der Waals surface area contributed by atoms with Crippen LogP contribution in [0, 0.1) is 0 Å². The SMILES string of the molecule is COc1ccc(C(=O)COC(=O)c2ccc3c(c2)CCN3S(C)(=O)=O)c(OC)c1. The molecule has 0 aliphatic carbocycles. The van der Waals surface area contributed by atoms with Crippen LogP contribution in [0.2, 0.25) is 0 Å². The largest absolute Gasteiger partial charge is 0.497 e. The van der Waals surface area contributed by atoms with E-state index >= 15 is 0 Å².